The minimum atomic E-state index is -0.0507. The minimum absolute atomic E-state index is 0.0507. The number of thiophene rings is 1. The van der Waals surface area contributed by atoms with Crippen LogP contribution in [0.3, 0.4) is 0 Å². The summed E-state index contributed by atoms with van der Waals surface area (Å²) in [7, 11) is 0. The van der Waals surface area contributed by atoms with Crippen LogP contribution in [0.15, 0.2) is 54.9 Å². The van der Waals surface area contributed by atoms with Gasteiger partial charge in [-0.1, -0.05) is 23.7 Å². The smallest absolute Gasteiger partial charge is 0.0931 e. The van der Waals surface area contributed by atoms with E-state index in [2.05, 4.69) is 11.1 Å². The number of benzene rings is 1. The Labute approximate surface area is 132 Å². The normalized spacial score (nSPS) is 12.3. The van der Waals surface area contributed by atoms with Gasteiger partial charge in [0.15, 0.2) is 0 Å². The molecule has 2 nitrogen and oxygen atoms in total. The summed E-state index contributed by atoms with van der Waals surface area (Å²) in [5.41, 5.74) is 3.13. The summed E-state index contributed by atoms with van der Waals surface area (Å²) >= 11 is 7.48. The van der Waals surface area contributed by atoms with Gasteiger partial charge in [0.05, 0.1) is 10.9 Å². The van der Waals surface area contributed by atoms with Crippen LogP contribution in [0.25, 0.3) is 11.1 Å². The Balaban J connectivity index is 1.89. The zero-order valence-electron chi connectivity index (χ0n) is 11.2. The molecule has 4 heteroatoms. The zero-order valence-corrected chi connectivity index (χ0v) is 12.7. The second-order valence-electron chi connectivity index (χ2n) is 4.65. The van der Waals surface area contributed by atoms with E-state index >= 15 is 0 Å². The molecule has 105 valence electrons. The number of pyridine rings is 1. The molecule has 0 unspecified atom stereocenters. The third-order valence-corrected chi connectivity index (χ3v) is 4.70. The van der Waals surface area contributed by atoms with Gasteiger partial charge in [0.2, 0.25) is 0 Å². The molecule has 0 aliphatic carbocycles. The first kappa shape index (κ1) is 14.3. The number of aliphatic hydroxyl groups is 1. The van der Waals surface area contributed by atoms with Crippen LogP contribution in [0.4, 0.5) is 0 Å². The summed E-state index contributed by atoms with van der Waals surface area (Å²) in [6.45, 7) is 0.0548. The highest BCUT2D eigenvalue weighted by atomic mass is 35.5. The maximum Gasteiger partial charge on any atom is 0.0931 e. The molecule has 0 fully saturated rings. The predicted octanol–water partition coefficient (Wildman–Crippen LogP) is 4.39. The van der Waals surface area contributed by atoms with Crippen LogP contribution in [0, 0.1) is 6.07 Å². The van der Waals surface area contributed by atoms with E-state index in [1.165, 1.54) is 11.3 Å². The van der Waals surface area contributed by atoms with Crippen molar-refractivity contribution in [2.24, 2.45) is 0 Å². The Kier molecular flexibility index (Phi) is 4.34. The van der Waals surface area contributed by atoms with Gasteiger partial charge >= 0.3 is 0 Å². The van der Waals surface area contributed by atoms with Crippen molar-refractivity contribution in [3.05, 3.63) is 75.7 Å². The molecule has 0 spiro atoms. The van der Waals surface area contributed by atoms with Gasteiger partial charge in [-0.3, -0.25) is 4.98 Å². The van der Waals surface area contributed by atoms with Gasteiger partial charge in [0, 0.05) is 23.2 Å². The lowest BCUT2D eigenvalue weighted by atomic mass is 9.96. The standard InChI is InChI=1S/C17H13ClNOS/c18-17-6-5-16(21-17)15(11-20)14-3-1-12(2-4-14)13-7-9-19-10-8-13/h1,3-10,15,20H,11H2/t15-/m0/s1. The Morgan fingerprint density at radius 1 is 1.14 bits per heavy atom. The van der Waals surface area contributed by atoms with Gasteiger partial charge in [0.25, 0.3) is 0 Å². The van der Waals surface area contributed by atoms with Crippen LogP contribution >= 0.6 is 22.9 Å². The largest absolute Gasteiger partial charge is 0.395 e. The molecule has 0 saturated carbocycles. The molecule has 3 aromatic rings. The number of hydrogen-bond acceptors (Lipinski definition) is 3. The van der Waals surface area contributed by atoms with Crippen molar-refractivity contribution in [2.45, 2.75) is 5.92 Å². The monoisotopic (exact) mass is 314 g/mol. The van der Waals surface area contributed by atoms with E-state index in [0.29, 0.717) is 0 Å². The van der Waals surface area contributed by atoms with Crippen LogP contribution in [-0.4, -0.2) is 16.7 Å². The SMILES string of the molecule is OC[C@@H](c1c[c]c(-c2ccncc2)cc1)c1ccc(Cl)s1. The number of rotatable bonds is 4. The van der Waals surface area contributed by atoms with E-state index < -0.39 is 0 Å². The molecule has 3 rings (SSSR count). The quantitative estimate of drug-likeness (QED) is 0.775. The lowest BCUT2D eigenvalue weighted by Gasteiger charge is -2.13. The predicted molar refractivity (Wildman–Crippen MR) is 86.8 cm³/mol. The minimum Gasteiger partial charge on any atom is -0.395 e. The van der Waals surface area contributed by atoms with E-state index in [9.17, 15) is 5.11 Å². The van der Waals surface area contributed by atoms with Crippen LogP contribution in [0.1, 0.15) is 16.4 Å². The molecule has 2 heterocycles. The first-order chi connectivity index (χ1) is 10.3. The fraction of sp³-hybridized carbons (Fsp3) is 0.118. The lowest BCUT2D eigenvalue weighted by molar-refractivity contribution is 0.282. The highest BCUT2D eigenvalue weighted by molar-refractivity contribution is 7.16. The maximum absolute atomic E-state index is 9.67. The molecule has 0 amide bonds. The van der Waals surface area contributed by atoms with E-state index in [1.807, 2.05) is 42.5 Å². The van der Waals surface area contributed by atoms with Crippen molar-refractivity contribution in [2.75, 3.05) is 6.61 Å². The molecule has 0 aliphatic heterocycles. The topological polar surface area (TPSA) is 33.1 Å². The Hall–Kier alpha value is -1.68. The van der Waals surface area contributed by atoms with Crippen LogP contribution in [0.2, 0.25) is 4.34 Å². The van der Waals surface area contributed by atoms with Crippen LogP contribution in [-0.2, 0) is 0 Å². The summed E-state index contributed by atoms with van der Waals surface area (Å²) < 4.78 is 0.737. The van der Waals surface area contributed by atoms with Gasteiger partial charge in [-0.15, -0.1) is 11.3 Å². The molecular formula is C17H13ClNOS. The molecule has 21 heavy (non-hydrogen) atoms. The number of aromatic nitrogens is 1. The van der Waals surface area contributed by atoms with E-state index in [0.717, 1.165) is 25.9 Å². The Morgan fingerprint density at radius 3 is 2.52 bits per heavy atom. The van der Waals surface area contributed by atoms with Gasteiger partial charge in [0.1, 0.15) is 0 Å². The second kappa shape index (κ2) is 6.39. The molecule has 2 aromatic heterocycles. The second-order valence-corrected chi connectivity index (χ2v) is 6.40. The molecule has 0 aliphatic rings. The Bertz CT molecular complexity index is 709. The summed E-state index contributed by atoms with van der Waals surface area (Å²) in [6.07, 6.45) is 3.53. The van der Waals surface area contributed by atoms with Crippen molar-refractivity contribution in [3.63, 3.8) is 0 Å². The molecular weight excluding hydrogens is 302 g/mol. The average Bonchev–Trinajstić information content (AvgIpc) is 2.96. The highest BCUT2D eigenvalue weighted by Gasteiger charge is 2.15. The zero-order chi connectivity index (χ0) is 14.7. The van der Waals surface area contributed by atoms with E-state index in [4.69, 9.17) is 11.6 Å². The fourth-order valence-corrected chi connectivity index (χ4v) is 3.42. The highest BCUT2D eigenvalue weighted by Crippen LogP contribution is 2.33. The molecule has 1 atom stereocenters. The first-order valence-electron chi connectivity index (χ1n) is 6.56. The van der Waals surface area contributed by atoms with Crippen molar-refractivity contribution in [3.8, 4) is 11.1 Å². The van der Waals surface area contributed by atoms with Crippen molar-refractivity contribution in [1.82, 2.24) is 4.98 Å². The molecule has 0 bridgehead atoms. The summed E-state index contributed by atoms with van der Waals surface area (Å²) in [5.74, 6) is -0.0507. The Morgan fingerprint density at radius 2 is 1.95 bits per heavy atom. The van der Waals surface area contributed by atoms with Crippen molar-refractivity contribution < 1.29 is 5.11 Å². The average molecular weight is 315 g/mol. The number of hydrogen-bond donors (Lipinski definition) is 1. The van der Waals surface area contributed by atoms with Gasteiger partial charge in [-0.05, 0) is 53.1 Å². The number of halogens is 1. The van der Waals surface area contributed by atoms with E-state index in [-0.39, 0.29) is 12.5 Å². The third kappa shape index (κ3) is 3.16. The lowest BCUT2D eigenvalue weighted by Crippen LogP contribution is -2.04. The maximum atomic E-state index is 9.67. The van der Waals surface area contributed by atoms with Crippen LogP contribution in [0.5, 0.6) is 0 Å². The summed E-state index contributed by atoms with van der Waals surface area (Å²) in [6, 6.07) is 17.0. The van der Waals surface area contributed by atoms with E-state index in [1.54, 1.807) is 12.4 Å². The van der Waals surface area contributed by atoms with Crippen molar-refractivity contribution >= 4 is 22.9 Å². The molecule has 1 aromatic carbocycles. The first-order valence-corrected chi connectivity index (χ1v) is 7.75. The molecule has 1 N–H and O–H groups in total. The third-order valence-electron chi connectivity index (χ3n) is 3.35. The summed E-state index contributed by atoms with van der Waals surface area (Å²) in [4.78, 5) is 5.08. The van der Waals surface area contributed by atoms with Crippen LogP contribution < -0.4 is 0 Å². The number of nitrogens with zero attached hydrogens (tertiary/aromatic N) is 1. The molecule has 1 radical (unpaired) electrons. The fourth-order valence-electron chi connectivity index (χ4n) is 2.24. The van der Waals surface area contributed by atoms with Gasteiger partial charge in [-0.2, -0.15) is 0 Å². The van der Waals surface area contributed by atoms with Gasteiger partial charge < -0.3 is 5.11 Å². The van der Waals surface area contributed by atoms with Gasteiger partial charge in [-0.25, -0.2) is 0 Å². The van der Waals surface area contributed by atoms with Crippen molar-refractivity contribution in [1.29, 1.82) is 0 Å². The summed E-state index contributed by atoms with van der Waals surface area (Å²) in [5, 5.41) is 9.67. The molecule has 0 saturated heterocycles. The number of aliphatic hydroxyl groups excluding tert-OH is 1.